The third-order valence-corrected chi connectivity index (χ3v) is 6.03. The van der Waals surface area contributed by atoms with E-state index in [-0.39, 0.29) is 24.1 Å². The molecule has 2 N–H and O–H groups in total. The highest BCUT2D eigenvalue weighted by Crippen LogP contribution is 2.34. The summed E-state index contributed by atoms with van der Waals surface area (Å²) < 4.78 is 39.7. The molecule has 1 aliphatic rings. The summed E-state index contributed by atoms with van der Waals surface area (Å²) in [5.41, 5.74) is 0.0308. The van der Waals surface area contributed by atoms with E-state index < -0.39 is 17.6 Å². The van der Waals surface area contributed by atoms with Crippen LogP contribution in [0.3, 0.4) is 0 Å². The third kappa shape index (κ3) is 5.57. The van der Waals surface area contributed by atoms with Crippen molar-refractivity contribution >= 4 is 34.1 Å². The predicted molar refractivity (Wildman–Crippen MR) is 117 cm³/mol. The molecule has 4 rings (SSSR count). The van der Waals surface area contributed by atoms with Crippen LogP contribution < -0.4 is 10.6 Å². The minimum absolute atomic E-state index is 0.0625. The number of rotatable bonds is 6. The molecule has 0 aliphatic carbocycles. The van der Waals surface area contributed by atoms with Crippen molar-refractivity contribution in [2.75, 3.05) is 23.7 Å². The predicted octanol–water partition coefficient (Wildman–Crippen LogP) is 3.92. The molecule has 0 bridgehead atoms. The van der Waals surface area contributed by atoms with E-state index in [0.717, 1.165) is 49.3 Å². The Balaban J connectivity index is 1.36. The first-order valence-electron chi connectivity index (χ1n) is 10.2. The van der Waals surface area contributed by atoms with Crippen LogP contribution >= 0.6 is 11.3 Å². The molecule has 2 aromatic heterocycles. The first-order chi connectivity index (χ1) is 15.7. The molecule has 0 unspecified atom stereocenters. The van der Waals surface area contributed by atoms with Crippen molar-refractivity contribution in [1.82, 2.24) is 19.7 Å². The summed E-state index contributed by atoms with van der Waals surface area (Å²) in [5.74, 6) is -0.227. The molecule has 0 radical (unpaired) electrons. The Morgan fingerprint density at radius 1 is 1.18 bits per heavy atom. The first kappa shape index (κ1) is 22.9. The Hall–Kier alpha value is -3.25. The molecule has 2 amide bonds. The highest BCUT2D eigenvalue weighted by Gasteiger charge is 2.31. The van der Waals surface area contributed by atoms with Gasteiger partial charge in [0.1, 0.15) is 0 Å². The number of carbonyl (C=O) groups is 2. The van der Waals surface area contributed by atoms with Gasteiger partial charge in [-0.3, -0.25) is 24.5 Å². The number of likely N-dealkylation sites (tertiary alicyclic amines) is 1. The molecule has 0 spiro atoms. The van der Waals surface area contributed by atoms with E-state index in [0.29, 0.717) is 10.9 Å². The van der Waals surface area contributed by atoms with Crippen LogP contribution in [0.1, 0.15) is 40.5 Å². The monoisotopic (exact) mass is 478 g/mol. The van der Waals surface area contributed by atoms with E-state index >= 15 is 0 Å². The number of hydrogen-bond donors (Lipinski definition) is 2. The zero-order valence-corrected chi connectivity index (χ0v) is 18.4. The van der Waals surface area contributed by atoms with Crippen molar-refractivity contribution in [3.8, 4) is 0 Å². The highest BCUT2D eigenvalue weighted by molar-refractivity contribution is 7.14. The van der Waals surface area contributed by atoms with Crippen molar-refractivity contribution in [2.24, 2.45) is 7.05 Å². The maximum atomic E-state index is 12.7. The molecule has 1 saturated heterocycles. The van der Waals surface area contributed by atoms with Gasteiger partial charge in [-0.05, 0) is 43.7 Å². The standard InChI is InChI=1S/C21H21F3N6O2S/c1-29-10-8-17(28-29)26-18(31)11-30-9-2-3-16(30)15-12-33-20(25-15)27-19(32)13-4-6-14(7-5-13)21(22,23)24/h4-8,10,12,16H,2-3,9,11H2,1H3,(H,25,27,32)(H,26,28,31)/t16-/m0/s1. The molecular formula is C21H21F3N6O2S. The SMILES string of the molecule is Cn1ccc(NC(=O)CN2CCC[C@H]2c2csc(NC(=O)c3ccc(C(F)(F)F)cc3)n2)n1. The summed E-state index contributed by atoms with van der Waals surface area (Å²) in [6.45, 7) is 0.928. The molecule has 3 aromatic rings. The second kappa shape index (κ2) is 9.32. The van der Waals surface area contributed by atoms with Crippen LogP contribution in [0, 0.1) is 0 Å². The van der Waals surface area contributed by atoms with Gasteiger partial charge in [0.05, 0.1) is 23.8 Å². The molecule has 33 heavy (non-hydrogen) atoms. The van der Waals surface area contributed by atoms with Crippen molar-refractivity contribution < 1.29 is 22.8 Å². The van der Waals surface area contributed by atoms with Crippen LogP contribution in [0.2, 0.25) is 0 Å². The molecular weight excluding hydrogens is 457 g/mol. The van der Waals surface area contributed by atoms with E-state index in [1.807, 2.05) is 10.3 Å². The third-order valence-electron chi connectivity index (χ3n) is 5.25. The number of halogens is 3. The van der Waals surface area contributed by atoms with Gasteiger partial charge < -0.3 is 5.32 Å². The number of thiazole rings is 1. The number of amides is 2. The zero-order valence-electron chi connectivity index (χ0n) is 17.6. The average Bonchev–Trinajstić information content (AvgIpc) is 3.49. The Labute approximate surface area is 191 Å². The molecule has 1 aromatic carbocycles. The summed E-state index contributed by atoms with van der Waals surface area (Å²) >= 11 is 1.23. The number of benzene rings is 1. The fourth-order valence-electron chi connectivity index (χ4n) is 3.68. The lowest BCUT2D eigenvalue weighted by molar-refractivity contribution is -0.137. The van der Waals surface area contributed by atoms with Crippen LogP contribution in [0.4, 0.5) is 24.1 Å². The van der Waals surface area contributed by atoms with Crippen LogP contribution in [0.25, 0.3) is 0 Å². The van der Waals surface area contributed by atoms with Crippen LogP contribution in [0.5, 0.6) is 0 Å². The Kier molecular flexibility index (Phi) is 6.47. The smallest absolute Gasteiger partial charge is 0.308 e. The Bertz CT molecular complexity index is 1140. The molecule has 3 heterocycles. The molecule has 8 nitrogen and oxygen atoms in total. The van der Waals surface area contributed by atoms with Crippen LogP contribution in [0.15, 0.2) is 41.9 Å². The normalized spacial score (nSPS) is 16.7. The lowest BCUT2D eigenvalue weighted by Crippen LogP contribution is -2.33. The number of carbonyl (C=O) groups excluding carboxylic acids is 2. The van der Waals surface area contributed by atoms with Crippen molar-refractivity contribution in [2.45, 2.75) is 25.1 Å². The van der Waals surface area contributed by atoms with E-state index in [1.165, 1.54) is 11.3 Å². The molecule has 0 saturated carbocycles. The van der Waals surface area contributed by atoms with Gasteiger partial charge in [-0.2, -0.15) is 18.3 Å². The van der Waals surface area contributed by atoms with Crippen molar-refractivity contribution in [3.63, 3.8) is 0 Å². The van der Waals surface area contributed by atoms with Crippen molar-refractivity contribution in [3.05, 3.63) is 58.7 Å². The zero-order chi connectivity index (χ0) is 23.6. The number of aryl methyl sites for hydroxylation is 1. The topological polar surface area (TPSA) is 92.2 Å². The Morgan fingerprint density at radius 2 is 1.94 bits per heavy atom. The van der Waals surface area contributed by atoms with Gasteiger partial charge in [0.25, 0.3) is 5.91 Å². The summed E-state index contributed by atoms with van der Waals surface area (Å²) in [6, 6.07) is 5.65. The number of hydrogen-bond acceptors (Lipinski definition) is 6. The largest absolute Gasteiger partial charge is 0.416 e. The summed E-state index contributed by atoms with van der Waals surface area (Å²) in [4.78, 5) is 31.3. The number of nitrogens with one attached hydrogen (secondary N) is 2. The Morgan fingerprint density at radius 3 is 2.61 bits per heavy atom. The summed E-state index contributed by atoms with van der Waals surface area (Å²) in [6.07, 6.45) is -0.982. The molecule has 1 fully saturated rings. The molecule has 1 atom stereocenters. The van der Waals surface area contributed by atoms with Gasteiger partial charge in [-0.1, -0.05) is 0 Å². The number of nitrogens with zero attached hydrogens (tertiary/aromatic N) is 4. The minimum Gasteiger partial charge on any atom is -0.308 e. The number of anilines is 2. The second-order valence-corrected chi connectivity index (χ2v) is 8.52. The lowest BCUT2D eigenvalue weighted by atomic mass is 10.1. The van der Waals surface area contributed by atoms with Gasteiger partial charge in [0.2, 0.25) is 5.91 Å². The van der Waals surface area contributed by atoms with Crippen LogP contribution in [-0.2, 0) is 18.0 Å². The van der Waals surface area contributed by atoms with Gasteiger partial charge >= 0.3 is 6.18 Å². The van der Waals surface area contributed by atoms with E-state index in [2.05, 4.69) is 20.7 Å². The highest BCUT2D eigenvalue weighted by atomic mass is 32.1. The second-order valence-electron chi connectivity index (χ2n) is 7.66. The summed E-state index contributed by atoms with van der Waals surface area (Å²) in [5, 5.41) is 11.7. The number of aromatic nitrogens is 3. The van der Waals surface area contributed by atoms with E-state index in [4.69, 9.17) is 0 Å². The molecule has 12 heteroatoms. The van der Waals surface area contributed by atoms with Gasteiger partial charge in [-0.25, -0.2) is 4.98 Å². The van der Waals surface area contributed by atoms with Gasteiger partial charge in [0.15, 0.2) is 10.9 Å². The summed E-state index contributed by atoms with van der Waals surface area (Å²) in [7, 11) is 1.77. The van der Waals surface area contributed by atoms with Gasteiger partial charge in [-0.15, -0.1) is 11.3 Å². The maximum Gasteiger partial charge on any atom is 0.416 e. The molecule has 1 aliphatic heterocycles. The molecule has 174 valence electrons. The minimum atomic E-state index is -4.46. The number of alkyl halides is 3. The maximum absolute atomic E-state index is 12.7. The van der Waals surface area contributed by atoms with Crippen LogP contribution in [-0.4, -0.2) is 44.6 Å². The fourth-order valence-corrected chi connectivity index (χ4v) is 4.43. The quantitative estimate of drug-likeness (QED) is 0.560. The van der Waals surface area contributed by atoms with Gasteiger partial charge in [0, 0.05) is 30.3 Å². The fraction of sp³-hybridized carbons (Fsp3) is 0.333. The lowest BCUT2D eigenvalue weighted by Gasteiger charge is -2.22. The van der Waals surface area contributed by atoms with E-state index in [9.17, 15) is 22.8 Å². The van der Waals surface area contributed by atoms with Crippen molar-refractivity contribution in [1.29, 1.82) is 0 Å². The first-order valence-corrected chi connectivity index (χ1v) is 11.0. The average molecular weight is 479 g/mol. The van der Waals surface area contributed by atoms with E-state index in [1.54, 1.807) is 24.0 Å².